The van der Waals surface area contributed by atoms with Crippen LogP contribution >= 0.6 is 0 Å². The Balaban J connectivity index is 1.98. The Kier molecular flexibility index (Phi) is 2.55. The van der Waals surface area contributed by atoms with Gasteiger partial charge < -0.3 is 10.4 Å². The maximum absolute atomic E-state index is 8.95. The molecule has 0 saturated heterocycles. The van der Waals surface area contributed by atoms with Gasteiger partial charge in [0, 0.05) is 6.54 Å². The minimum absolute atomic E-state index is 0.211. The molecule has 0 aromatic carbocycles. The third kappa shape index (κ3) is 2.80. The first-order valence-corrected chi connectivity index (χ1v) is 4.41. The van der Waals surface area contributed by atoms with E-state index in [-0.39, 0.29) is 6.10 Å². The van der Waals surface area contributed by atoms with E-state index in [1.165, 1.54) is 6.42 Å². The lowest BCUT2D eigenvalue weighted by Gasteiger charge is -2.07. The van der Waals surface area contributed by atoms with E-state index in [1.54, 1.807) is 0 Å². The Labute approximate surface area is 69.0 Å². The molecule has 2 unspecified atom stereocenters. The quantitative estimate of drug-likeness (QED) is 0.638. The fourth-order valence-corrected chi connectivity index (χ4v) is 1.39. The molecule has 0 aliphatic heterocycles. The molecule has 0 aromatic heterocycles. The summed E-state index contributed by atoms with van der Waals surface area (Å²) >= 11 is 0. The monoisotopic (exact) mass is 157 g/mol. The normalized spacial score (nSPS) is 30.0. The van der Waals surface area contributed by atoms with Crippen molar-refractivity contribution < 1.29 is 5.11 Å². The van der Waals surface area contributed by atoms with Gasteiger partial charge >= 0.3 is 0 Å². The standard InChI is InChI=1S/C9H19NO/c1-7(11)5-10-6-8-4-9(8,2)3/h7-8,10-11H,4-6H2,1-3H3. The van der Waals surface area contributed by atoms with Crippen molar-refractivity contribution in [2.75, 3.05) is 13.1 Å². The predicted octanol–water partition coefficient (Wildman–Crippen LogP) is 1.00. The summed E-state index contributed by atoms with van der Waals surface area (Å²) in [7, 11) is 0. The average molecular weight is 157 g/mol. The van der Waals surface area contributed by atoms with E-state index >= 15 is 0 Å². The minimum atomic E-state index is -0.211. The van der Waals surface area contributed by atoms with Crippen LogP contribution in [0.3, 0.4) is 0 Å². The van der Waals surface area contributed by atoms with Gasteiger partial charge in [0.2, 0.25) is 0 Å². The maximum Gasteiger partial charge on any atom is 0.0636 e. The van der Waals surface area contributed by atoms with Crippen molar-refractivity contribution in [2.24, 2.45) is 11.3 Å². The van der Waals surface area contributed by atoms with E-state index in [1.807, 2.05) is 6.92 Å². The molecule has 1 fully saturated rings. The summed E-state index contributed by atoms with van der Waals surface area (Å²) in [4.78, 5) is 0. The van der Waals surface area contributed by atoms with Gasteiger partial charge in [-0.1, -0.05) is 13.8 Å². The first-order valence-electron chi connectivity index (χ1n) is 4.41. The molecule has 0 amide bonds. The lowest BCUT2D eigenvalue weighted by molar-refractivity contribution is 0.190. The van der Waals surface area contributed by atoms with Crippen LogP contribution in [0.5, 0.6) is 0 Å². The molecule has 0 aromatic rings. The van der Waals surface area contributed by atoms with Crippen molar-refractivity contribution in [3.05, 3.63) is 0 Å². The van der Waals surface area contributed by atoms with Crippen LogP contribution in [0, 0.1) is 11.3 Å². The summed E-state index contributed by atoms with van der Waals surface area (Å²) in [6.07, 6.45) is 1.12. The summed E-state index contributed by atoms with van der Waals surface area (Å²) in [5.41, 5.74) is 0.561. The second-order valence-corrected chi connectivity index (χ2v) is 4.40. The second-order valence-electron chi connectivity index (χ2n) is 4.40. The van der Waals surface area contributed by atoms with Crippen molar-refractivity contribution >= 4 is 0 Å². The third-order valence-electron chi connectivity index (χ3n) is 2.55. The van der Waals surface area contributed by atoms with Crippen LogP contribution in [0.4, 0.5) is 0 Å². The van der Waals surface area contributed by atoms with E-state index in [9.17, 15) is 0 Å². The Hall–Kier alpha value is -0.0800. The molecular formula is C9H19NO. The fraction of sp³-hybridized carbons (Fsp3) is 1.00. The van der Waals surface area contributed by atoms with Gasteiger partial charge in [0.25, 0.3) is 0 Å². The van der Waals surface area contributed by atoms with Crippen LogP contribution in [-0.2, 0) is 0 Å². The minimum Gasteiger partial charge on any atom is -0.392 e. The van der Waals surface area contributed by atoms with Gasteiger partial charge in [-0.3, -0.25) is 0 Å². The van der Waals surface area contributed by atoms with Crippen molar-refractivity contribution in [2.45, 2.75) is 33.3 Å². The molecule has 1 saturated carbocycles. The summed E-state index contributed by atoms with van der Waals surface area (Å²) in [6.45, 7) is 8.19. The third-order valence-corrected chi connectivity index (χ3v) is 2.55. The highest BCUT2D eigenvalue weighted by atomic mass is 16.3. The largest absolute Gasteiger partial charge is 0.392 e. The lowest BCUT2D eigenvalue weighted by atomic mass is 10.1. The van der Waals surface area contributed by atoms with Crippen LogP contribution in [-0.4, -0.2) is 24.3 Å². The highest BCUT2D eigenvalue weighted by Crippen LogP contribution is 2.50. The van der Waals surface area contributed by atoms with E-state index in [0.29, 0.717) is 5.41 Å². The van der Waals surface area contributed by atoms with Crippen LogP contribution in [0.25, 0.3) is 0 Å². The molecule has 2 nitrogen and oxygen atoms in total. The van der Waals surface area contributed by atoms with Crippen LogP contribution < -0.4 is 5.32 Å². The van der Waals surface area contributed by atoms with Crippen LogP contribution in [0.1, 0.15) is 27.2 Å². The molecule has 1 rings (SSSR count). The molecule has 66 valence electrons. The summed E-state index contributed by atoms with van der Waals surface area (Å²) in [6, 6.07) is 0. The van der Waals surface area contributed by atoms with Gasteiger partial charge in [-0.2, -0.15) is 0 Å². The van der Waals surface area contributed by atoms with Gasteiger partial charge in [-0.25, -0.2) is 0 Å². The van der Waals surface area contributed by atoms with Crippen molar-refractivity contribution in [3.63, 3.8) is 0 Å². The molecule has 0 heterocycles. The Bertz CT molecular complexity index is 132. The molecule has 1 aliphatic carbocycles. The zero-order valence-electron chi connectivity index (χ0n) is 7.72. The first-order chi connectivity index (χ1) is 5.02. The first kappa shape index (κ1) is 9.01. The Morgan fingerprint density at radius 2 is 2.18 bits per heavy atom. The Morgan fingerprint density at radius 3 is 2.55 bits per heavy atom. The summed E-state index contributed by atoms with van der Waals surface area (Å²) in [5.74, 6) is 0.834. The number of nitrogens with one attached hydrogen (secondary N) is 1. The molecule has 11 heavy (non-hydrogen) atoms. The van der Waals surface area contributed by atoms with Crippen molar-refractivity contribution in [3.8, 4) is 0 Å². The van der Waals surface area contributed by atoms with Gasteiger partial charge in [0.05, 0.1) is 6.10 Å². The fourth-order valence-electron chi connectivity index (χ4n) is 1.39. The summed E-state index contributed by atoms with van der Waals surface area (Å²) < 4.78 is 0. The van der Waals surface area contributed by atoms with Gasteiger partial charge in [0.1, 0.15) is 0 Å². The predicted molar refractivity (Wildman–Crippen MR) is 46.4 cm³/mol. The lowest BCUT2D eigenvalue weighted by Crippen LogP contribution is -2.27. The number of hydrogen-bond acceptors (Lipinski definition) is 2. The summed E-state index contributed by atoms with van der Waals surface area (Å²) in [5, 5.41) is 12.2. The molecule has 0 spiro atoms. The zero-order valence-corrected chi connectivity index (χ0v) is 7.72. The second kappa shape index (κ2) is 3.11. The molecule has 0 radical (unpaired) electrons. The number of rotatable bonds is 4. The molecule has 2 atom stereocenters. The molecule has 2 N–H and O–H groups in total. The van der Waals surface area contributed by atoms with Gasteiger partial charge in [0.15, 0.2) is 0 Å². The van der Waals surface area contributed by atoms with E-state index in [0.717, 1.165) is 19.0 Å². The van der Waals surface area contributed by atoms with E-state index in [2.05, 4.69) is 19.2 Å². The molecular weight excluding hydrogens is 138 g/mol. The number of aliphatic hydroxyl groups is 1. The SMILES string of the molecule is CC(O)CNCC1CC1(C)C. The average Bonchev–Trinajstić information content (AvgIpc) is 2.39. The highest BCUT2D eigenvalue weighted by Gasteiger charge is 2.44. The molecule has 1 aliphatic rings. The van der Waals surface area contributed by atoms with Gasteiger partial charge in [-0.15, -0.1) is 0 Å². The van der Waals surface area contributed by atoms with E-state index < -0.39 is 0 Å². The maximum atomic E-state index is 8.95. The van der Waals surface area contributed by atoms with Crippen LogP contribution in [0.2, 0.25) is 0 Å². The van der Waals surface area contributed by atoms with Gasteiger partial charge in [-0.05, 0) is 31.2 Å². The van der Waals surface area contributed by atoms with Crippen molar-refractivity contribution in [1.29, 1.82) is 0 Å². The van der Waals surface area contributed by atoms with Crippen molar-refractivity contribution in [1.82, 2.24) is 5.32 Å². The van der Waals surface area contributed by atoms with E-state index in [4.69, 9.17) is 5.11 Å². The van der Waals surface area contributed by atoms with Crippen LogP contribution in [0.15, 0.2) is 0 Å². The topological polar surface area (TPSA) is 32.3 Å². The molecule has 2 heteroatoms. The number of aliphatic hydroxyl groups excluding tert-OH is 1. The highest BCUT2D eigenvalue weighted by molar-refractivity contribution is 4.96. The Morgan fingerprint density at radius 1 is 1.64 bits per heavy atom. The number of hydrogen-bond donors (Lipinski definition) is 2. The molecule has 0 bridgehead atoms. The zero-order chi connectivity index (χ0) is 8.48. The smallest absolute Gasteiger partial charge is 0.0636 e.